The number of carbonyl (C=O) groups is 2. The van der Waals surface area contributed by atoms with Crippen LogP contribution >= 0.6 is 0 Å². The number of methoxy groups -OCH3 is 2. The standard InChI is InChI=1S/C21H20N2O8/c1-13-4-6-16(7-5-13)31-17-9-14(8-15(10-17)23(26)27)22-12-30-11-18(20(24)28-2)19(22)21(25)29-3/h4-10H,11-12H2,1-3H3. The Bertz CT molecular complexity index is 1050. The summed E-state index contributed by atoms with van der Waals surface area (Å²) >= 11 is 0. The molecule has 0 aliphatic carbocycles. The van der Waals surface area contributed by atoms with Crippen LogP contribution in [0.1, 0.15) is 5.56 Å². The number of benzene rings is 2. The lowest BCUT2D eigenvalue weighted by Crippen LogP contribution is -2.38. The molecule has 2 aromatic rings. The molecular formula is C21H20N2O8. The van der Waals surface area contributed by atoms with Gasteiger partial charge in [0.1, 0.15) is 23.9 Å². The van der Waals surface area contributed by atoms with Crippen LogP contribution in [0, 0.1) is 17.0 Å². The summed E-state index contributed by atoms with van der Waals surface area (Å²) in [5.74, 6) is -0.934. The lowest BCUT2D eigenvalue weighted by Gasteiger charge is -2.31. The van der Waals surface area contributed by atoms with Gasteiger partial charge in [-0.25, -0.2) is 9.59 Å². The first-order valence-corrected chi connectivity index (χ1v) is 9.13. The Labute approximate surface area is 177 Å². The number of carbonyl (C=O) groups excluding carboxylic acids is 2. The molecule has 2 aromatic carbocycles. The summed E-state index contributed by atoms with van der Waals surface area (Å²) in [6.07, 6.45) is 0. The molecule has 0 atom stereocenters. The first kappa shape index (κ1) is 21.8. The van der Waals surface area contributed by atoms with Crippen molar-refractivity contribution < 1.29 is 33.5 Å². The SMILES string of the molecule is COC(=O)C1=C(C(=O)OC)N(c2cc(Oc3ccc(C)cc3)cc([N+](=O)[O-])c2)COC1. The van der Waals surface area contributed by atoms with Gasteiger partial charge < -0.3 is 23.8 Å². The van der Waals surface area contributed by atoms with E-state index in [-0.39, 0.29) is 41.7 Å². The number of non-ortho nitro benzene ring substituents is 1. The summed E-state index contributed by atoms with van der Waals surface area (Å²) in [6, 6.07) is 11.1. The Morgan fingerprint density at radius 2 is 1.71 bits per heavy atom. The summed E-state index contributed by atoms with van der Waals surface area (Å²) < 4.78 is 20.7. The van der Waals surface area contributed by atoms with Gasteiger partial charge in [0.25, 0.3) is 5.69 Å². The number of nitro benzene ring substituents is 1. The topological polar surface area (TPSA) is 117 Å². The lowest BCUT2D eigenvalue weighted by molar-refractivity contribution is -0.384. The number of rotatable bonds is 6. The largest absolute Gasteiger partial charge is 0.466 e. The molecule has 0 saturated heterocycles. The molecule has 162 valence electrons. The minimum atomic E-state index is -0.809. The Kier molecular flexibility index (Phi) is 6.51. The van der Waals surface area contributed by atoms with E-state index in [9.17, 15) is 19.7 Å². The van der Waals surface area contributed by atoms with E-state index in [0.717, 1.165) is 12.7 Å². The van der Waals surface area contributed by atoms with Crippen molar-refractivity contribution in [1.29, 1.82) is 0 Å². The first-order valence-electron chi connectivity index (χ1n) is 9.13. The summed E-state index contributed by atoms with van der Waals surface area (Å²) in [7, 11) is 2.33. The number of esters is 2. The molecule has 0 saturated carbocycles. The highest BCUT2D eigenvalue weighted by Gasteiger charge is 2.33. The number of ether oxygens (including phenoxy) is 4. The van der Waals surface area contributed by atoms with Gasteiger partial charge in [0.2, 0.25) is 0 Å². The molecule has 0 amide bonds. The Morgan fingerprint density at radius 1 is 1.03 bits per heavy atom. The fourth-order valence-electron chi connectivity index (χ4n) is 2.98. The molecule has 0 aromatic heterocycles. The smallest absolute Gasteiger partial charge is 0.355 e. The predicted molar refractivity (Wildman–Crippen MR) is 109 cm³/mol. The van der Waals surface area contributed by atoms with Crippen molar-refractivity contribution in [2.24, 2.45) is 0 Å². The maximum atomic E-state index is 12.5. The van der Waals surface area contributed by atoms with Crippen molar-refractivity contribution >= 4 is 23.3 Å². The van der Waals surface area contributed by atoms with Gasteiger partial charge in [-0.05, 0) is 19.1 Å². The molecule has 0 fully saturated rings. The van der Waals surface area contributed by atoms with E-state index >= 15 is 0 Å². The second-order valence-electron chi connectivity index (χ2n) is 6.57. The van der Waals surface area contributed by atoms with Crippen LogP contribution in [0.2, 0.25) is 0 Å². The van der Waals surface area contributed by atoms with Crippen LogP contribution in [0.4, 0.5) is 11.4 Å². The number of nitro groups is 1. The van der Waals surface area contributed by atoms with Gasteiger partial charge in [-0.15, -0.1) is 0 Å². The summed E-state index contributed by atoms with van der Waals surface area (Å²) in [4.78, 5) is 36.8. The van der Waals surface area contributed by atoms with E-state index in [2.05, 4.69) is 0 Å². The molecule has 0 N–H and O–H groups in total. The highest BCUT2D eigenvalue weighted by Crippen LogP contribution is 2.35. The van der Waals surface area contributed by atoms with Crippen LogP contribution in [0.15, 0.2) is 53.7 Å². The molecule has 1 aliphatic heterocycles. The quantitative estimate of drug-likeness (QED) is 0.388. The summed E-state index contributed by atoms with van der Waals surface area (Å²) in [5.41, 5.74) is 0.781. The van der Waals surface area contributed by atoms with Crippen molar-refractivity contribution in [3.8, 4) is 11.5 Å². The minimum absolute atomic E-state index is 0.0619. The van der Waals surface area contributed by atoms with Crippen LogP contribution < -0.4 is 9.64 Å². The third-order valence-corrected chi connectivity index (χ3v) is 4.49. The fourth-order valence-corrected chi connectivity index (χ4v) is 2.98. The van der Waals surface area contributed by atoms with Crippen molar-refractivity contribution in [2.75, 3.05) is 32.5 Å². The highest BCUT2D eigenvalue weighted by atomic mass is 16.6. The monoisotopic (exact) mass is 428 g/mol. The molecule has 0 bridgehead atoms. The lowest BCUT2D eigenvalue weighted by atomic mass is 10.1. The van der Waals surface area contributed by atoms with Crippen molar-refractivity contribution in [3.05, 3.63) is 69.4 Å². The zero-order valence-corrected chi connectivity index (χ0v) is 17.1. The van der Waals surface area contributed by atoms with E-state index in [0.29, 0.717) is 5.75 Å². The van der Waals surface area contributed by atoms with E-state index in [1.807, 2.05) is 19.1 Å². The van der Waals surface area contributed by atoms with E-state index < -0.39 is 16.9 Å². The third-order valence-electron chi connectivity index (χ3n) is 4.49. The van der Waals surface area contributed by atoms with Gasteiger partial charge in [-0.2, -0.15) is 0 Å². The van der Waals surface area contributed by atoms with Crippen molar-refractivity contribution in [3.63, 3.8) is 0 Å². The molecule has 1 heterocycles. The van der Waals surface area contributed by atoms with Crippen molar-refractivity contribution in [1.82, 2.24) is 0 Å². The van der Waals surface area contributed by atoms with Gasteiger partial charge in [0.15, 0.2) is 0 Å². The normalized spacial score (nSPS) is 13.6. The molecule has 10 nitrogen and oxygen atoms in total. The van der Waals surface area contributed by atoms with Gasteiger partial charge in [0.05, 0.1) is 43.1 Å². The predicted octanol–water partition coefficient (Wildman–Crippen LogP) is 3.09. The van der Waals surface area contributed by atoms with E-state index in [4.69, 9.17) is 18.9 Å². The Morgan fingerprint density at radius 3 is 2.32 bits per heavy atom. The second-order valence-corrected chi connectivity index (χ2v) is 6.57. The van der Waals surface area contributed by atoms with Crippen LogP contribution in [-0.4, -0.2) is 44.4 Å². The highest BCUT2D eigenvalue weighted by molar-refractivity contribution is 6.03. The van der Waals surface area contributed by atoms with Gasteiger partial charge in [-0.3, -0.25) is 10.1 Å². The number of anilines is 1. The summed E-state index contributed by atoms with van der Waals surface area (Å²) in [6.45, 7) is 1.61. The van der Waals surface area contributed by atoms with Crippen LogP contribution in [0.25, 0.3) is 0 Å². The molecule has 0 unspecified atom stereocenters. The molecular weight excluding hydrogens is 408 g/mol. The number of aryl methyl sites for hydroxylation is 1. The average molecular weight is 428 g/mol. The van der Waals surface area contributed by atoms with Gasteiger partial charge in [0, 0.05) is 12.1 Å². The molecule has 31 heavy (non-hydrogen) atoms. The fraction of sp³-hybridized carbons (Fsp3) is 0.238. The third kappa shape index (κ3) is 4.81. The molecule has 3 rings (SSSR count). The number of hydrogen-bond acceptors (Lipinski definition) is 9. The minimum Gasteiger partial charge on any atom is -0.466 e. The Hall–Kier alpha value is -3.92. The second kappa shape index (κ2) is 9.26. The maximum Gasteiger partial charge on any atom is 0.355 e. The van der Waals surface area contributed by atoms with Gasteiger partial charge >= 0.3 is 11.9 Å². The van der Waals surface area contributed by atoms with Crippen molar-refractivity contribution in [2.45, 2.75) is 6.92 Å². The van der Waals surface area contributed by atoms with Crippen LogP contribution in [0.3, 0.4) is 0 Å². The van der Waals surface area contributed by atoms with Crippen LogP contribution in [0.5, 0.6) is 11.5 Å². The zero-order chi connectivity index (χ0) is 22.5. The van der Waals surface area contributed by atoms with E-state index in [1.165, 1.54) is 30.2 Å². The number of nitrogens with zero attached hydrogens (tertiary/aromatic N) is 2. The number of hydrogen-bond donors (Lipinski definition) is 0. The molecule has 0 spiro atoms. The molecule has 0 radical (unpaired) electrons. The Balaban J connectivity index is 2.09. The first-order chi connectivity index (χ1) is 14.8. The average Bonchev–Trinajstić information content (AvgIpc) is 2.78. The van der Waals surface area contributed by atoms with E-state index in [1.54, 1.807) is 12.1 Å². The van der Waals surface area contributed by atoms with Crippen LogP contribution in [-0.2, 0) is 23.8 Å². The summed E-state index contributed by atoms with van der Waals surface area (Å²) in [5, 5.41) is 11.5. The maximum absolute atomic E-state index is 12.5. The van der Waals surface area contributed by atoms with Gasteiger partial charge in [-0.1, -0.05) is 17.7 Å². The molecule has 1 aliphatic rings. The molecule has 10 heteroatoms. The zero-order valence-electron chi connectivity index (χ0n) is 17.1.